The van der Waals surface area contributed by atoms with Gasteiger partial charge in [-0.05, 0) is 0 Å². The van der Waals surface area contributed by atoms with Crippen LogP contribution in [0.1, 0.15) is 0 Å². The summed E-state index contributed by atoms with van der Waals surface area (Å²) in [5, 5.41) is 0. The molecule has 10 saturated heterocycles. The van der Waals surface area contributed by atoms with Crippen molar-refractivity contribution in [3.63, 3.8) is 0 Å². The molecule has 3 heteroatoms. The third-order valence-corrected chi connectivity index (χ3v) is 72.2. The molecule has 0 aromatic carbocycles. The number of hydrogen-bond acceptors (Lipinski definition) is 0. The maximum atomic E-state index is 2.72. The van der Waals surface area contributed by atoms with Crippen LogP contribution >= 0.6 is 15.8 Å². The number of fused-ring (bicyclic) bond motifs is 10. The van der Waals surface area contributed by atoms with Gasteiger partial charge in [-0.3, -0.25) is 0 Å². The zero-order chi connectivity index (χ0) is 11.1. The summed E-state index contributed by atoms with van der Waals surface area (Å²) in [5.41, 5.74) is 0. The van der Waals surface area contributed by atoms with E-state index in [0.717, 1.165) is 0 Å². The first-order valence-corrected chi connectivity index (χ1v) is 18.1. The molecule has 0 radical (unpaired) electrons. The van der Waals surface area contributed by atoms with Crippen LogP contribution in [-0.4, -0.2) is 34.8 Å². The Labute approximate surface area is 95.5 Å². The average molecular weight is 306 g/mol. The summed E-state index contributed by atoms with van der Waals surface area (Å²) >= 11 is 0. The Hall–Kier alpha value is 1.38. The molecule has 0 saturated carbocycles. The molecular formula is C14H20FeP2. The molecule has 0 N–H and O–H groups in total. The van der Waals surface area contributed by atoms with Gasteiger partial charge in [-0.1, -0.05) is 0 Å². The number of rotatable bonds is 2. The second-order valence-electron chi connectivity index (χ2n) is 11.5. The third-order valence-electron chi connectivity index (χ3n) is 16.0. The Bertz CT molecular complexity index is 914. The van der Waals surface area contributed by atoms with E-state index >= 15 is 0 Å². The van der Waals surface area contributed by atoms with E-state index in [1.165, 1.54) is 46.6 Å². The van der Waals surface area contributed by atoms with E-state index in [4.69, 9.17) is 0 Å². The van der Waals surface area contributed by atoms with Crippen molar-refractivity contribution in [2.24, 2.45) is 0 Å². The molecule has 1 spiro atoms. The number of hydrogen-bond donors (Lipinski definition) is 0. The molecule has 0 nitrogen and oxygen atoms in total. The van der Waals surface area contributed by atoms with Gasteiger partial charge in [-0.15, -0.1) is 0 Å². The topological polar surface area (TPSA) is 0 Å². The molecular weight excluding hydrogens is 286 g/mol. The summed E-state index contributed by atoms with van der Waals surface area (Å²) in [6, 6.07) is 0. The Morgan fingerprint density at radius 2 is 0.941 bits per heavy atom. The zero-order valence-corrected chi connectivity index (χ0v) is 13.8. The molecule has 10 fully saturated rings. The van der Waals surface area contributed by atoms with Crippen LogP contribution in [0.4, 0.5) is 0 Å². The molecule has 0 bridgehead atoms. The summed E-state index contributed by atoms with van der Waals surface area (Å²) in [5.74, 6) is 0. The van der Waals surface area contributed by atoms with E-state index in [1.54, 1.807) is 0 Å². The minimum atomic E-state index is -2.84. The minimum absolute atomic E-state index is 0.436. The van der Waals surface area contributed by atoms with Gasteiger partial charge in [0, 0.05) is 0 Å². The van der Waals surface area contributed by atoms with Crippen LogP contribution < -0.4 is 0 Å². The summed E-state index contributed by atoms with van der Waals surface area (Å²) in [4.78, 5) is 12.3. The van der Waals surface area contributed by atoms with E-state index in [2.05, 4.69) is 26.7 Å². The van der Waals surface area contributed by atoms with Gasteiger partial charge in [0.1, 0.15) is 0 Å². The molecule has 8 unspecified atom stereocenters. The van der Waals surface area contributed by atoms with Crippen molar-refractivity contribution >= 4 is 15.8 Å². The van der Waals surface area contributed by atoms with Gasteiger partial charge < -0.3 is 0 Å². The second kappa shape index (κ2) is 0.597. The van der Waals surface area contributed by atoms with Crippen LogP contribution in [0.5, 0.6) is 0 Å². The van der Waals surface area contributed by atoms with Gasteiger partial charge in [0.25, 0.3) is 0 Å². The predicted octanol–water partition coefficient (Wildman–Crippen LogP) is 4.67. The second-order valence-corrected chi connectivity index (χ2v) is 40.5. The van der Waals surface area contributed by atoms with Gasteiger partial charge in [-0.2, -0.15) is 0 Å². The molecule has 10 aliphatic rings. The van der Waals surface area contributed by atoms with Crippen LogP contribution in [0, 0.1) is 0 Å². The maximum absolute atomic E-state index is 2.84. The molecule has 8 atom stereocenters. The predicted molar refractivity (Wildman–Crippen MR) is 73.0 cm³/mol. The first-order valence-electron chi connectivity index (χ1n) is 7.38. The van der Waals surface area contributed by atoms with E-state index < -0.39 is 6.51 Å². The van der Waals surface area contributed by atoms with Crippen molar-refractivity contribution in [2.45, 2.75) is 46.6 Å². The molecule has 0 aliphatic carbocycles. The van der Waals surface area contributed by atoms with Gasteiger partial charge in [0.2, 0.25) is 0 Å². The first kappa shape index (κ1) is 7.41. The van der Waals surface area contributed by atoms with E-state index in [0.29, 0.717) is 15.8 Å². The van der Waals surface area contributed by atoms with E-state index in [1.807, 2.05) is 0 Å². The fraction of sp³-hybridized carbons (Fsp3) is 1.00. The van der Waals surface area contributed by atoms with Crippen molar-refractivity contribution in [3.05, 3.63) is 0 Å². The van der Waals surface area contributed by atoms with Crippen molar-refractivity contribution in [1.82, 2.24) is 0 Å². The van der Waals surface area contributed by atoms with Crippen LogP contribution in [0.25, 0.3) is 0 Å². The van der Waals surface area contributed by atoms with Crippen molar-refractivity contribution in [1.29, 1.82) is 0 Å². The quantitative estimate of drug-likeness (QED) is 0.513. The monoisotopic (exact) mass is 306 g/mol. The molecule has 10 heterocycles. The zero-order valence-electron chi connectivity index (χ0n) is 10.9. The third kappa shape index (κ3) is 0.0717. The Morgan fingerprint density at radius 1 is 0.647 bits per heavy atom. The fourth-order valence-electron chi connectivity index (χ4n) is 18.8. The van der Waals surface area contributed by atoms with E-state index in [-0.39, 0.29) is 0 Å². The summed E-state index contributed by atoms with van der Waals surface area (Å²) in [6.07, 6.45) is 0. The van der Waals surface area contributed by atoms with Crippen molar-refractivity contribution in [3.8, 4) is 0 Å². The van der Waals surface area contributed by atoms with E-state index in [9.17, 15) is 0 Å². The van der Waals surface area contributed by atoms with Gasteiger partial charge >= 0.3 is 95.7 Å². The standard InChI is InChI=1S/2C7H10P.Fe/c2*1-8(2)7-5-3-4-6-7;/h2*3-6H,1-2H3;. The summed E-state index contributed by atoms with van der Waals surface area (Å²) in [7, 11) is 0.872. The molecule has 17 heavy (non-hydrogen) atoms. The molecule has 0 amide bonds. The fourth-order valence-corrected chi connectivity index (χ4v) is 130. The van der Waals surface area contributed by atoms with Gasteiger partial charge in [-0.25, -0.2) is 0 Å². The molecule has 0 aromatic rings. The molecule has 0 aromatic heterocycles. The first-order chi connectivity index (χ1) is 7.82. The van der Waals surface area contributed by atoms with Crippen molar-refractivity contribution in [2.75, 3.05) is 26.7 Å². The molecule has 10 rings (SSSR count). The summed E-state index contributed by atoms with van der Waals surface area (Å²) < 4.78 is 2.44. The molecule has 10 aliphatic heterocycles. The summed E-state index contributed by atoms with van der Waals surface area (Å²) in [6.45, 7) is 8.04. The van der Waals surface area contributed by atoms with Crippen LogP contribution in [0.15, 0.2) is 0 Å². The Morgan fingerprint density at radius 3 is 1.06 bits per heavy atom. The van der Waals surface area contributed by atoms with Crippen LogP contribution in [0.2, 0.25) is 38.5 Å². The van der Waals surface area contributed by atoms with Crippen LogP contribution in [0.3, 0.4) is 0 Å². The Kier molecular flexibility index (Phi) is 0.260. The van der Waals surface area contributed by atoms with Crippen molar-refractivity contribution < 1.29 is 6.51 Å². The molecule has 94 valence electrons. The van der Waals surface area contributed by atoms with Gasteiger partial charge in [0.15, 0.2) is 0 Å². The van der Waals surface area contributed by atoms with Crippen LogP contribution in [-0.2, 0) is 6.51 Å². The normalized spacial score (nSPS) is 124. The SMILES string of the molecule is CP(C)[C]12[CH]3[CH]4[CH]5[CH]1[Fe]45321678[CH]2[CH]1[CH]6[C]7(P(C)C)[CH]28. The Balaban J connectivity index is 1.72. The van der Waals surface area contributed by atoms with Gasteiger partial charge in [0.05, 0.1) is 0 Å². The average Bonchev–Trinajstić information content (AvgIpc) is 3.22.